The Morgan fingerprint density at radius 2 is 2.00 bits per heavy atom. The number of piperidine rings is 1. The summed E-state index contributed by atoms with van der Waals surface area (Å²) in [6.45, 7) is 2.56. The number of ether oxygens (including phenoxy) is 1. The van der Waals surface area contributed by atoms with Crippen LogP contribution >= 0.6 is 47.2 Å². The Morgan fingerprint density at radius 3 is 2.68 bits per heavy atom. The van der Waals surface area contributed by atoms with E-state index < -0.39 is 0 Å². The van der Waals surface area contributed by atoms with Gasteiger partial charge in [-0.05, 0) is 37.9 Å². The van der Waals surface area contributed by atoms with Crippen LogP contribution in [0.25, 0.3) is 0 Å². The Kier molecular flexibility index (Phi) is 8.65. The Morgan fingerprint density at radius 1 is 1.27 bits per heavy atom. The van der Waals surface area contributed by atoms with E-state index >= 15 is 0 Å². The summed E-state index contributed by atoms with van der Waals surface area (Å²) in [5.74, 6) is 0.652. The van der Waals surface area contributed by atoms with E-state index in [-0.39, 0.29) is 24.9 Å². The van der Waals surface area contributed by atoms with Crippen molar-refractivity contribution in [1.82, 2.24) is 10.6 Å². The number of benzene rings is 1. The van der Waals surface area contributed by atoms with Crippen molar-refractivity contribution in [2.75, 3.05) is 26.2 Å². The number of hydrogen-bond donors (Lipinski definition) is 2. The quantitative estimate of drug-likeness (QED) is 0.759. The molecule has 1 saturated heterocycles. The van der Waals surface area contributed by atoms with Crippen molar-refractivity contribution < 1.29 is 9.53 Å². The average Bonchev–Trinajstić information content (AvgIpc) is 2.48. The Hall–Kier alpha value is -0.390. The van der Waals surface area contributed by atoms with E-state index in [4.69, 9.17) is 39.5 Å². The first-order chi connectivity index (χ1) is 10.1. The van der Waals surface area contributed by atoms with Crippen molar-refractivity contribution in [3.8, 4) is 5.75 Å². The second-order valence-electron chi connectivity index (χ2n) is 5.00. The molecule has 1 aromatic rings. The van der Waals surface area contributed by atoms with Crippen LogP contribution in [0.4, 0.5) is 0 Å². The van der Waals surface area contributed by atoms with Gasteiger partial charge in [-0.25, -0.2) is 0 Å². The molecular formula is C14H18Cl4N2O2. The normalized spacial score (nSPS) is 17.5. The standard InChI is InChI=1S/C14H17Cl3N2O2.ClH/c15-10-4-12(17)13(5-11(10)16)21-8-14(20)19-7-9-2-1-3-18-6-9;/h4-5,9,18H,1-3,6-8H2,(H,19,20);1H. The minimum atomic E-state index is -0.178. The Bertz CT molecular complexity index is 508. The van der Waals surface area contributed by atoms with Crippen molar-refractivity contribution >= 4 is 53.1 Å². The van der Waals surface area contributed by atoms with E-state index in [0.717, 1.165) is 25.9 Å². The fraction of sp³-hybridized carbons (Fsp3) is 0.500. The van der Waals surface area contributed by atoms with Gasteiger partial charge in [-0.1, -0.05) is 34.8 Å². The summed E-state index contributed by atoms with van der Waals surface area (Å²) in [5.41, 5.74) is 0. The first-order valence-electron chi connectivity index (χ1n) is 6.81. The fourth-order valence-electron chi connectivity index (χ4n) is 2.17. The molecular weight excluding hydrogens is 370 g/mol. The Balaban J connectivity index is 0.00000242. The largest absolute Gasteiger partial charge is 0.482 e. The maximum Gasteiger partial charge on any atom is 0.257 e. The molecule has 1 unspecified atom stereocenters. The third-order valence-electron chi connectivity index (χ3n) is 3.32. The molecule has 1 amide bonds. The van der Waals surface area contributed by atoms with E-state index in [1.165, 1.54) is 12.1 Å². The highest BCUT2D eigenvalue weighted by Gasteiger charge is 2.14. The van der Waals surface area contributed by atoms with E-state index in [1.54, 1.807) is 0 Å². The molecule has 0 saturated carbocycles. The van der Waals surface area contributed by atoms with Crippen LogP contribution in [0.1, 0.15) is 12.8 Å². The van der Waals surface area contributed by atoms with Gasteiger partial charge in [0.2, 0.25) is 0 Å². The van der Waals surface area contributed by atoms with E-state index in [1.807, 2.05) is 0 Å². The van der Waals surface area contributed by atoms with Crippen molar-refractivity contribution in [2.24, 2.45) is 5.92 Å². The van der Waals surface area contributed by atoms with Crippen LogP contribution in [0.5, 0.6) is 5.75 Å². The second kappa shape index (κ2) is 9.68. The highest BCUT2D eigenvalue weighted by atomic mass is 35.5. The number of halogens is 4. The number of rotatable bonds is 5. The lowest BCUT2D eigenvalue weighted by atomic mass is 10.00. The van der Waals surface area contributed by atoms with Crippen LogP contribution in [0, 0.1) is 5.92 Å². The number of nitrogens with one attached hydrogen (secondary N) is 2. The molecule has 1 heterocycles. The summed E-state index contributed by atoms with van der Waals surface area (Å²) < 4.78 is 5.37. The van der Waals surface area contributed by atoms with Gasteiger partial charge in [0.1, 0.15) is 5.75 Å². The zero-order valence-corrected chi connectivity index (χ0v) is 14.9. The van der Waals surface area contributed by atoms with Crippen LogP contribution < -0.4 is 15.4 Å². The second-order valence-corrected chi connectivity index (χ2v) is 6.22. The predicted octanol–water partition coefficient (Wildman–Crippen LogP) is 3.56. The summed E-state index contributed by atoms with van der Waals surface area (Å²) in [5, 5.41) is 7.19. The topological polar surface area (TPSA) is 50.4 Å². The van der Waals surface area contributed by atoms with Crippen LogP contribution in [0.2, 0.25) is 15.1 Å². The lowest BCUT2D eigenvalue weighted by molar-refractivity contribution is -0.123. The molecule has 1 fully saturated rings. The molecule has 0 aliphatic carbocycles. The Labute approximate surface area is 151 Å². The first-order valence-corrected chi connectivity index (χ1v) is 7.94. The summed E-state index contributed by atoms with van der Waals surface area (Å²) >= 11 is 17.7. The smallest absolute Gasteiger partial charge is 0.257 e. The third kappa shape index (κ3) is 6.01. The van der Waals surface area contributed by atoms with E-state index in [9.17, 15) is 4.79 Å². The molecule has 1 aromatic carbocycles. The molecule has 124 valence electrons. The van der Waals surface area contributed by atoms with Crippen molar-refractivity contribution in [3.05, 3.63) is 27.2 Å². The fourth-order valence-corrected chi connectivity index (χ4v) is 2.76. The molecule has 1 aliphatic heterocycles. The monoisotopic (exact) mass is 386 g/mol. The zero-order chi connectivity index (χ0) is 15.2. The van der Waals surface area contributed by atoms with Crippen LogP contribution in [-0.2, 0) is 4.79 Å². The van der Waals surface area contributed by atoms with Gasteiger partial charge in [0.05, 0.1) is 15.1 Å². The maximum atomic E-state index is 11.8. The van der Waals surface area contributed by atoms with E-state index in [2.05, 4.69) is 10.6 Å². The average molecular weight is 388 g/mol. The van der Waals surface area contributed by atoms with E-state index in [0.29, 0.717) is 33.3 Å². The number of carbonyl (C=O) groups is 1. The highest BCUT2D eigenvalue weighted by molar-refractivity contribution is 6.43. The lowest BCUT2D eigenvalue weighted by Gasteiger charge is -2.22. The van der Waals surface area contributed by atoms with Gasteiger partial charge < -0.3 is 15.4 Å². The van der Waals surface area contributed by atoms with Gasteiger partial charge in [0, 0.05) is 12.6 Å². The summed E-state index contributed by atoms with van der Waals surface area (Å²) in [6.07, 6.45) is 2.28. The van der Waals surface area contributed by atoms with Gasteiger partial charge in [-0.15, -0.1) is 12.4 Å². The zero-order valence-electron chi connectivity index (χ0n) is 11.8. The van der Waals surface area contributed by atoms with Crippen molar-refractivity contribution in [3.63, 3.8) is 0 Å². The lowest BCUT2D eigenvalue weighted by Crippen LogP contribution is -2.39. The van der Waals surface area contributed by atoms with Gasteiger partial charge in [0.25, 0.3) is 5.91 Å². The molecule has 8 heteroatoms. The number of amides is 1. The van der Waals surface area contributed by atoms with Crippen LogP contribution in [-0.4, -0.2) is 32.1 Å². The molecule has 1 aliphatic rings. The first kappa shape index (κ1) is 19.7. The molecule has 0 aromatic heterocycles. The molecule has 2 rings (SSSR count). The highest BCUT2D eigenvalue weighted by Crippen LogP contribution is 2.33. The summed E-state index contributed by atoms with van der Waals surface area (Å²) in [6, 6.07) is 3.00. The third-order valence-corrected chi connectivity index (χ3v) is 4.34. The summed E-state index contributed by atoms with van der Waals surface area (Å²) in [4.78, 5) is 11.8. The van der Waals surface area contributed by atoms with Crippen molar-refractivity contribution in [2.45, 2.75) is 12.8 Å². The minimum absolute atomic E-state index is 0. The number of carbonyl (C=O) groups excluding carboxylic acids is 1. The van der Waals surface area contributed by atoms with Gasteiger partial charge in [-0.2, -0.15) is 0 Å². The molecule has 0 spiro atoms. The number of hydrogen-bond acceptors (Lipinski definition) is 3. The van der Waals surface area contributed by atoms with Gasteiger partial charge in [0.15, 0.2) is 6.61 Å². The molecule has 22 heavy (non-hydrogen) atoms. The molecule has 2 N–H and O–H groups in total. The molecule has 0 radical (unpaired) electrons. The van der Waals surface area contributed by atoms with Gasteiger partial charge >= 0.3 is 0 Å². The van der Waals surface area contributed by atoms with Gasteiger partial charge in [-0.3, -0.25) is 4.79 Å². The molecule has 4 nitrogen and oxygen atoms in total. The molecule has 1 atom stereocenters. The molecule has 0 bridgehead atoms. The predicted molar refractivity (Wildman–Crippen MR) is 92.8 cm³/mol. The maximum absolute atomic E-state index is 11.8. The van der Waals surface area contributed by atoms with Crippen LogP contribution in [0.15, 0.2) is 12.1 Å². The van der Waals surface area contributed by atoms with Crippen LogP contribution in [0.3, 0.4) is 0 Å². The SMILES string of the molecule is Cl.O=C(COc1cc(Cl)c(Cl)cc1Cl)NCC1CCCNC1. The van der Waals surface area contributed by atoms with Crippen molar-refractivity contribution in [1.29, 1.82) is 0 Å². The minimum Gasteiger partial charge on any atom is -0.482 e. The summed E-state index contributed by atoms with van der Waals surface area (Å²) in [7, 11) is 0.